The van der Waals surface area contributed by atoms with E-state index < -0.39 is 30.0 Å². The van der Waals surface area contributed by atoms with Crippen molar-refractivity contribution in [3.63, 3.8) is 0 Å². The van der Waals surface area contributed by atoms with Crippen LogP contribution in [0.1, 0.15) is 18.2 Å². The van der Waals surface area contributed by atoms with E-state index in [0.29, 0.717) is 21.6 Å². The van der Waals surface area contributed by atoms with Gasteiger partial charge in [-0.05, 0) is 68.4 Å². The minimum absolute atomic E-state index is 0.0521. The Kier molecular flexibility index (Phi) is 7.61. The zero-order valence-corrected chi connectivity index (χ0v) is 21.0. The topological polar surface area (TPSA) is 60.7 Å². The molecule has 194 valence electrons. The van der Waals surface area contributed by atoms with Crippen LogP contribution in [0.3, 0.4) is 0 Å². The van der Waals surface area contributed by atoms with Crippen LogP contribution in [0.5, 0.6) is 11.5 Å². The van der Waals surface area contributed by atoms with Crippen LogP contribution in [0.4, 0.5) is 17.6 Å². The van der Waals surface area contributed by atoms with Gasteiger partial charge in [0, 0.05) is 37.5 Å². The Morgan fingerprint density at radius 3 is 2.41 bits per heavy atom. The van der Waals surface area contributed by atoms with E-state index in [1.807, 2.05) is 12.1 Å². The lowest BCUT2D eigenvalue weighted by Crippen LogP contribution is -2.23. The highest BCUT2D eigenvalue weighted by Crippen LogP contribution is 2.41. The number of alkyl halides is 3. The smallest absolute Gasteiger partial charge is 0.479 e. The first-order chi connectivity index (χ1) is 17.4. The molecule has 0 radical (unpaired) electrons. The second-order valence-electron chi connectivity index (χ2n) is 8.13. The Labute approximate surface area is 218 Å². The molecule has 11 heteroatoms. The number of carboxylic acid groups (broad SMARTS) is 1. The Hall–Kier alpha value is -3.37. The van der Waals surface area contributed by atoms with Gasteiger partial charge in [-0.15, -0.1) is 13.2 Å². The van der Waals surface area contributed by atoms with Gasteiger partial charge in [-0.3, -0.25) is 0 Å². The van der Waals surface area contributed by atoms with Gasteiger partial charge in [-0.1, -0.05) is 23.4 Å². The lowest BCUT2D eigenvalue weighted by atomic mass is 10.2. The van der Waals surface area contributed by atoms with Crippen LogP contribution in [0.2, 0.25) is 5.02 Å². The molecule has 0 bridgehead atoms. The van der Waals surface area contributed by atoms with Crippen LogP contribution in [-0.2, 0) is 11.3 Å². The van der Waals surface area contributed by atoms with Crippen LogP contribution >= 0.6 is 23.4 Å². The standard InChI is InChI=1S/C26H20ClF4NO4S/c1-14-24(37-20-7-3-17(27)4-8-20)21-9-5-19(36-26(29,30)31)12-23(21)32(14)13-16-11-18(6-10-22(16)28)35-15(2)25(33)34/h3-12,15H,13H2,1-2H3,(H,33,34)/t15-/m1/s1. The van der Waals surface area contributed by atoms with Crippen LogP contribution in [-0.4, -0.2) is 28.1 Å². The molecule has 4 rings (SSSR count). The Bertz CT molecular complexity index is 1450. The molecule has 4 aromatic rings. The fraction of sp³-hybridized carbons (Fsp3) is 0.192. The summed E-state index contributed by atoms with van der Waals surface area (Å²) in [6.07, 6.45) is -6.03. The molecule has 1 aromatic heterocycles. The molecule has 0 fully saturated rings. The number of nitrogens with zero attached hydrogens (tertiary/aromatic N) is 1. The predicted octanol–water partition coefficient (Wildman–Crippen LogP) is 7.69. The number of carboxylic acids is 1. The predicted molar refractivity (Wildman–Crippen MR) is 132 cm³/mol. The normalized spacial score (nSPS) is 12.5. The molecule has 37 heavy (non-hydrogen) atoms. The number of hydrogen-bond acceptors (Lipinski definition) is 4. The molecule has 5 nitrogen and oxygen atoms in total. The number of carbonyl (C=O) groups is 1. The second kappa shape index (κ2) is 10.5. The maximum Gasteiger partial charge on any atom is 0.573 e. The summed E-state index contributed by atoms with van der Waals surface area (Å²) in [7, 11) is 0. The second-order valence-corrected chi connectivity index (χ2v) is 9.66. The molecule has 0 saturated heterocycles. The molecular weight excluding hydrogens is 534 g/mol. The summed E-state index contributed by atoms with van der Waals surface area (Å²) in [6, 6.07) is 15.0. The fourth-order valence-corrected chi connectivity index (χ4v) is 4.92. The van der Waals surface area contributed by atoms with Crippen molar-refractivity contribution < 1.29 is 36.9 Å². The number of aliphatic carboxylic acids is 1. The van der Waals surface area contributed by atoms with E-state index in [4.69, 9.17) is 21.4 Å². The van der Waals surface area contributed by atoms with Crippen molar-refractivity contribution in [2.24, 2.45) is 0 Å². The lowest BCUT2D eigenvalue weighted by molar-refractivity contribution is -0.274. The van der Waals surface area contributed by atoms with Crippen molar-refractivity contribution in [2.75, 3.05) is 0 Å². The van der Waals surface area contributed by atoms with Gasteiger partial charge in [0.15, 0.2) is 6.10 Å². The van der Waals surface area contributed by atoms with Crippen molar-refractivity contribution in [2.45, 2.75) is 42.6 Å². The van der Waals surface area contributed by atoms with Crippen molar-refractivity contribution in [1.29, 1.82) is 0 Å². The Morgan fingerprint density at radius 2 is 1.76 bits per heavy atom. The number of ether oxygens (including phenoxy) is 2. The van der Waals surface area contributed by atoms with Crippen LogP contribution in [0.15, 0.2) is 70.5 Å². The summed E-state index contributed by atoms with van der Waals surface area (Å²) in [5, 5.41) is 10.3. The van der Waals surface area contributed by atoms with E-state index in [-0.39, 0.29) is 17.9 Å². The molecular formula is C26H20ClF4NO4S. The van der Waals surface area contributed by atoms with E-state index in [2.05, 4.69) is 4.74 Å². The van der Waals surface area contributed by atoms with Gasteiger partial charge in [0.1, 0.15) is 17.3 Å². The third-order valence-electron chi connectivity index (χ3n) is 5.51. The lowest BCUT2D eigenvalue weighted by Gasteiger charge is -2.14. The zero-order chi connectivity index (χ0) is 26.9. The molecule has 1 N–H and O–H groups in total. The average Bonchev–Trinajstić information content (AvgIpc) is 3.06. The number of benzene rings is 3. The molecule has 0 amide bonds. The molecule has 1 heterocycles. The minimum Gasteiger partial charge on any atom is -0.479 e. The number of halogens is 5. The number of fused-ring (bicyclic) bond motifs is 1. The molecule has 0 spiro atoms. The molecule has 1 atom stereocenters. The molecule has 0 aliphatic carbocycles. The first-order valence-electron chi connectivity index (χ1n) is 10.9. The maximum absolute atomic E-state index is 14.8. The van der Waals surface area contributed by atoms with E-state index in [1.165, 1.54) is 49.0 Å². The Morgan fingerprint density at radius 1 is 1.08 bits per heavy atom. The van der Waals surface area contributed by atoms with Gasteiger partial charge < -0.3 is 19.1 Å². The highest BCUT2D eigenvalue weighted by atomic mass is 35.5. The van der Waals surface area contributed by atoms with Gasteiger partial charge >= 0.3 is 12.3 Å². The zero-order valence-electron chi connectivity index (χ0n) is 19.5. The maximum atomic E-state index is 14.8. The van der Waals surface area contributed by atoms with Crippen LogP contribution in [0.25, 0.3) is 10.9 Å². The van der Waals surface area contributed by atoms with Gasteiger partial charge in [0.2, 0.25) is 0 Å². The number of aromatic nitrogens is 1. The van der Waals surface area contributed by atoms with E-state index in [9.17, 15) is 22.4 Å². The highest BCUT2D eigenvalue weighted by Gasteiger charge is 2.31. The van der Waals surface area contributed by atoms with Crippen LogP contribution in [0, 0.1) is 12.7 Å². The largest absolute Gasteiger partial charge is 0.573 e. The van der Waals surface area contributed by atoms with E-state index in [0.717, 1.165) is 15.9 Å². The van der Waals surface area contributed by atoms with Crippen molar-refractivity contribution in [3.8, 4) is 11.5 Å². The third-order valence-corrected chi connectivity index (χ3v) is 6.99. The van der Waals surface area contributed by atoms with Gasteiger partial charge in [-0.2, -0.15) is 0 Å². The summed E-state index contributed by atoms with van der Waals surface area (Å²) in [4.78, 5) is 12.8. The SMILES string of the molecule is Cc1c(Sc2ccc(Cl)cc2)c2ccc(OC(F)(F)F)cc2n1Cc1cc(O[C@H](C)C(=O)O)ccc1F. The number of rotatable bonds is 8. The van der Waals surface area contributed by atoms with Gasteiger partial charge in [-0.25, -0.2) is 9.18 Å². The quantitative estimate of drug-likeness (QED) is 0.227. The summed E-state index contributed by atoms with van der Waals surface area (Å²) in [5.41, 5.74) is 1.25. The first kappa shape index (κ1) is 26.7. The average molecular weight is 554 g/mol. The minimum atomic E-state index is -4.88. The van der Waals surface area contributed by atoms with E-state index in [1.54, 1.807) is 23.6 Å². The molecule has 0 aliphatic heterocycles. The summed E-state index contributed by atoms with van der Waals surface area (Å²) < 4.78 is 64.7. The van der Waals surface area contributed by atoms with Gasteiger partial charge in [0.25, 0.3) is 0 Å². The molecule has 0 unspecified atom stereocenters. The van der Waals surface area contributed by atoms with Crippen molar-refractivity contribution in [3.05, 3.63) is 82.8 Å². The summed E-state index contributed by atoms with van der Waals surface area (Å²) in [6.45, 7) is 3.08. The highest BCUT2D eigenvalue weighted by molar-refractivity contribution is 7.99. The molecule has 0 aliphatic rings. The molecule has 0 saturated carbocycles. The van der Waals surface area contributed by atoms with E-state index >= 15 is 0 Å². The monoisotopic (exact) mass is 553 g/mol. The van der Waals surface area contributed by atoms with Crippen molar-refractivity contribution in [1.82, 2.24) is 4.57 Å². The molecule has 3 aromatic carbocycles. The fourth-order valence-electron chi connectivity index (χ4n) is 3.75. The summed E-state index contributed by atoms with van der Waals surface area (Å²) in [5.74, 6) is -2.02. The third kappa shape index (κ3) is 6.31. The van der Waals surface area contributed by atoms with Crippen molar-refractivity contribution >= 4 is 40.2 Å². The van der Waals surface area contributed by atoms with Gasteiger partial charge in [0.05, 0.1) is 12.1 Å². The Balaban J connectivity index is 1.79. The van der Waals surface area contributed by atoms with Crippen LogP contribution < -0.4 is 9.47 Å². The summed E-state index contributed by atoms with van der Waals surface area (Å²) >= 11 is 7.38. The first-order valence-corrected chi connectivity index (χ1v) is 12.1. The number of hydrogen-bond donors (Lipinski definition) is 1.